The van der Waals surface area contributed by atoms with Crippen LogP contribution < -0.4 is 10.2 Å². The first-order chi connectivity index (χ1) is 14.0. The van der Waals surface area contributed by atoms with Crippen molar-refractivity contribution in [3.05, 3.63) is 54.1 Å². The van der Waals surface area contributed by atoms with Gasteiger partial charge >= 0.3 is 0 Å². The summed E-state index contributed by atoms with van der Waals surface area (Å²) in [6, 6.07) is 14.8. The molecule has 1 aliphatic heterocycles. The molecule has 4 rings (SSSR count). The van der Waals surface area contributed by atoms with Crippen molar-refractivity contribution >= 4 is 35.0 Å². The fourth-order valence-corrected chi connectivity index (χ4v) is 3.86. The molecule has 7 nitrogen and oxygen atoms in total. The summed E-state index contributed by atoms with van der Waals surface area (Å²) in [5, 5.41) is 11.3. The van der Waals surface area contributed by atoms with Crippen molar-refractivity contribution in [3.63, 3.8) is 0 Å². The first kappa shape index (κ1) is 19.2. The van der Waals surface area contributed by atoms with E-state index in [1.807, 2.05) is 56.3 Å². The molecule has 0 bridgehead atoms. The molecular formula is C21H20N4O3S. The highest BCUT2D eigenvalue weighted by molar-refractivity contribution is 7.99. The van der Waals surface area contributed by atoms with Crippen LogP contribution in [0.2, 0.25) is 0 Å². The molecule has 2 heterocycles. The number of nitrogens with one attached hydrogen (secondary N) is 1. The number of benzene rings is 2. The number of carbonyl (C=O) groups is 2. The van der Waals surface area contributed by atoms with Gasteiger partial charge in [0.25, 0.3) is 5.22 Å². The van der Waals surface area contributed by atoms with E-state index in [9.17, 15) is 9.59 Å². The molecule has 29 heavy (non-hydrogen) atoms. The predicted molar refractivity (Wildman–Crippen MR) is 112 cm³/mol. The second-order valence-electron chi connectivity index (χ2n) is 6.91. The molecule has 148 valence electrons. The number of anilines is 2. The Balaban J connectivity index is 1.48. The highest BCUT2D eigenvalue weighted by atomic mass is 32.2. The van der Waals surface area contributed by atoms with Crippen LogP contribution in [0.25, 0.3) is 11.5 Å². The predicted octanol–water partition coefficient (Wildman–Crippen LogP) is 3.90. The van der Waals surface area contributed by atoms with Gasteiger partial charge in [-0.2, -0.15) is 0 Å². The number of amides is 2. The maximum absolute atomic E-state index is 13.0. The smallest absolute Gasteiger partial charge is 0.277 e. The molecule has 2 amide bonds. The lowest BCUT2D eigenvalue weighted by Gasteiger charge is -2.27. The van der Waals surface area contributed by atoms with Gasteiger partial charge in [-0.15, -0.1) is 10.2 Å². The second-order valence-corrected chi connectivity index (χ2v) is 7.84. The van der Waals surface area contributed by atoms with Gasteiger partial charge in [0, 0.05) is 18.0 Å². The third-order valence-corrected chi connectivity index (χ3v) is 5.46. The summed E-state index contributed by atoms with van der Waals surface area (Å²) in [5.74, 6) is 0.319. The minimum Gasteiger partial charge on any atom is -0.411 e. The lowest BCUT2D eigenvalue weighted by Crippen LogP contribution is -2.40. The van der Waals surface area contributed by atoms with E-state index in [1.54, 1.807) is 11.0 Å². The number of carbonyl (C=O) groups excluding carboxylic acids is 2. The monoisotopic (exact) mass is 408 g/mol. The van der Waals surface area contributed by atoms with E-state index >= 15 is 0 Å². The van der Waals surface area contributed by atoms with Gasteiger partial charge in [-0.3, -0.25) is 9.59 Å². The Kier molecular flexibility index (Phi) is 5.35. The number of nitrogens with zero attached hydrogens (tertiary/aromatic N) is 3. The zero-order valence-electron chi connectivity index (χ0n) is 16.1. The minimum atomic E-state index is -0.252. The van der Waals surface area contributed by atoms with Gasteiger partial charge in [0.15, 0.2) is 0 Å². The van der Waals surface area contributed by atoms with E-state index in [1.165, 1.54) is 11.8 Å². The SMILES string of the molecule is Cc1ccc(-c2nnc(SCC(=O)N3c4ccccc4NC(=O)C[C@@H]3C)o2)cc1. The van der Waals surface area contributed by atoms with Crippen molar-refractivity contribution in [1.29, 1.82) is 0 Å². The normalized spacial score (nSPS) is 16.1. The zero-order valence-corrected chi connectivity index (χ0v) is 16.9. The van der Waals surface area contributed by atoms with Crippen molar-refractivity contribution < 1.29 is 14.0 Å². The molecule has 1 aromatic heterocycles. The lowest BCUT2D eigenvalue weighted by atomic mass is 10.1. The summed E-state index contributed by atoms with van der Waals surface area (Å²) in [4.78, 5) is 26.7. The average Bonchev–Trinajstić information content (AvgIpc) is 3.12. The number of rotatable bonds is 4. The Morgan fingerprint density at radius 2 is 1.97 bits per heavy atom. The van der Waals surface area contributed by atoms with Crippen LogP contribution in [-0.2, 0) is 9.59 Å². The van der Waals surface area contributed by atoms with Gasteiger partial charge in [-0.25, -0.2) is 0 Å². The van der Waals surface area contributed by atoms with Gasteiger partial charge in [0.05, 0.1) is 17.1 Å². The largest absolute Gasteiger partial charge is 0.411 e. The number of aromatic nitrogens is 2. The van der Waals surface area contributed by atoms with Crippen LogP contribution in [0, 0.1) is 6.92 Å². The van der Waals surface area contributed by atoms with E-state index in [4.69, 9.17) is 4.42 Å². The van der Waals surface area contributed by atoms with Crippen molar-refractivity contribution in [2.24, 2.45) is 0 Å². The molecule has 3 aromatic rings. The summed E-state index contributed by atoms with van der Waals surface area (Å²) < 4.78 is 5.69. The van der Waals surface area contributed by atoms with Crippen LogP contribution in [0.5, 0.6) is 0 Å². The number of aryl methyl sites for hydroxylation is 1. The van der Waals surface area contributed by atoms with Gasteiger partial charge in [0.1, 0.15) is 0 Å². The van der Waals surface area contributed by atoms with Gasteiger partial charge in [-0.1, -0.05) is 41.6 Å². The van der Waals surface area contributed by atoms with Crippen molar-refractivity contribution in [2.75, 3.05) is 16.0 Å². The maximum atomic E-state index is 13.0. The molecule has 0 spiro atoms. The molecule has 1 aliphatic rings. The van der Waals surface area contributed by atoms with Crippen LogP contribution in [0.4, 0.5) is 11.4 Å². The summed E-state index contributed by atoms with van der Waals surface area (Å²) in [6.07, 6.45) is 0.239. The molecule has 0 aliphatic carbocycles. The number of hydrogen-bond donors (Lipinski definition) is 1. The van der Waals surface area contributed by atoms with Crippen molar-refractivity contribution in [2.45, 2.75) is 31.5 Å². The van der Waals surface area contributed by atoms with E-state index in [2.05, 4.69) is 15.5 Å². The first-order valence-corrected chi connectivity index (χ1v) is 10.2. The molecule has 0 radical (unpaired) electrons. The highest BCUT2D eigenvalue weighted by Crippen LogP contribution is 2.32. The fourth-order valence-electron chi connectivity index (χ4n) is 3.24. The van der Waals surface area contributed by atoms with E-state index in [-0.39, 0.29) is 30.0 Å². The topological polar surface area (TPSA) is 88.3 Å². The average molecular weight is 408 g/mol. The van der Waals surface area contributed by atoms with Gasteiger partial charge < -0.3 is 14.6 Å². The highest BCUT2D eigenvalue weighted by Gasteiger charge is 2.29. The molecule has 0 saturated carbocycles. The van der Waals surface area contributed by atoms with E-state index in [0.717, 1.165) is 11.1 Å². The zero-order chi connectivity index (χ0) is 20.4. The fraction of sp³-hybridized carbons (Fsp3) is 0.238. The Labute approximate surface area is 172 Å². The third kappa shape index (κ3) is 4.17. The van der Waals surface area contributed by atoms with Gasteiger partial charge in [0.2, 0.25) is 17.7 Å². The minimum absolute atomic E-state index is 0.104. The summed E-state index contributed by atoms with van der Waals surface area (Å²) >= 11 is 1.19. The Morgan fingerprint density at radius 1 is 1.21 bits per heavy atom. The Bertz CT molecular complexity index is 1050. The summed E-state index contributed by atoms with van der Waals surface area (Å²) in [7, 11) is 0. The molecule has 8 heteroatoms. The van der Waals surface area contributed by atoms with E-state index in [0.29, 0.717) is 22.5 Å². The quantitative estimate of drug-likeness (QED) is 0.659. The molecule has 2 aromatic carbocycles. The maximum Gasteiger partial charge on any atom is 0.277 e. The molecule has 0 fully saturated rings. The van der Waals surface area contributed by atoms with Crippen molar-refractivity contribution in [1.82, 2.24) is 10.2 Å². The number of para-hydroxylation sites is 2. The summed E-state index contributed by atoms with van der Waals surface area (Å²) in [6.45, 7) is 3.88. The van der Waals surface area contributed by atoms with Crippen LogP contribution in [0.1, 0.15) is 18.9 Å². The first-order valence-electron chi connectivity index (χ1n) is 9.25. The number of thioether (sulfide) groups is 1. The second kappa shape index (κ2) is 8.08. The molecule has 1 N–H and O–H groups in total. The molecule has 0 saturated heterocycles. The molecule has 1 atom stereocenters. The Hall–Kier alpha value is -3.13. The molecule has 0 unspecified atom stereocenters. The number of fused-ring (bicyclic) bond motifs is 1. The summed E-state index contributed by atoms with van der Waals surface area (Å²) in [5.41, 5.74) is 3.32. The van der Waals surface area contributed by atoms with Crippen LogP contribution >= 0.6 is 11.8 Å². The van der Waals surface area contributed by atoms with Gasteiger partial charge in [-0.05, 0) is 38.1 Å². The standard InChI is InChI=1S/C21H20N4O3S/c1-13-7-9-15(10-8-13)20-23-24-21(28-20)29-12-19(27)25-14(2)11-18(26)22-16-5-3-4-6-17(16)25/h3-10,14H,11-12H2,1-2H3,(H,22,26)/t14-/m0/s1. The van der Waals surface area contributed by atoms with Crippen molar-refractivity contribution in [3.8, 4) is 11.5 Å². The van der Waals surface area contributed by atoms with Crippen LogP contribution in [0.15, 0.2) is 58.2 Å². The third-order valence-electron chi connectivity index (χ3n) is 4.65. The lowest BCUT2D eigenvalue weighted by molar-refractivity contribution is -0.117. The van der Waals surface area contributed by atoms with E-state index < -0.39 is 0 Å². The molecular weight excluding hydrogens is 388 g/mol. The number of hydrogen-bond acceptors (Lipinski definition) is 6. The Morgan fingerprint density at radius 3 is 2.76 bits per heavy atom. The van der Waals surface area contributed by atoms with Crippen LogP contribution in [0.3, 0.4) is 0 Å². The van der Waals surface area contributed by atoms with Crippen LogP contribution in [-0.4, -0.2) is 33.8 Å².